The van der Waals surface area contributed by atoms with E-state index in [2.05, 4.69) is 41.5 Å². The molecule has 1 amide bonds. The van der Waals surface area contributed by atoms with E-state index >= 15 is 0 Å². The molecule has 28 heavy (non-hydrogen) atoms. The largest absolute Gasteiger partial charge is 0.444 e. The quantitative estimate of drug-likeness (QED) is 0.549. The number of hydrogen-bond acceptors (Lipinski definition) is 5. The molecule has 2 heterocycles. The summed E-state index contributed by atoms with van der Waals surface area (Å²) in [6.07, 6.45) is 1.76. The number of likely N-dealkylation sites (tertiary alicyclic amines) is 1. The van der Waals surface area contributed by atoms with Crippen LogP contribution in [0, 0.1) is 0 Å². The van der Waals surface area contributed by atoms with Gasteiger partial charge in [-0.25, -0.2) is 4.79 Å². The fourth-order valence-corrected chi connectivity index (χ4v) is 3.60. The number of rotatable bonds is 4. The molecule has 0 aromatic rings. The third kappa shape index (κ3) is 7.47. The van der Waals surface area contributed by atoms with E-state index in [1.165, 1.54) is 0 Å². The smallest absolute Gasteiger partial charge is 0.410 e. The van der Waals surface area contributed by atoms with Crippen molar-refractivity contribution in [2.24, 2.45) is 4.99 Å². The van der Waals surface area contributed by atoms with Crippen molar-refractivity contribution in [1.29, 1.82) is 0 Å². The number of likely N-dealkylation sites (N-methyl/N-ethyl adjacent to an activating group) is 2. The summed E-state index contributed by atoms with van der Waals surface area (Å²) in [7, 11) is 4.34. The van der Waals surface area contributed by atoms with Gasteiger partial charge in [0.15, 0.2) is 5.96 Å². The third-order valence-electron chi connectivity index (χ3n) is 5.20. The maximum Gasteiger partial charge on any atom is 0.410 e. The number of piperazine rings is 1. The summed E-state index contributed by atoms with van der Waals surface area (Å²) in [6.45, 7) is 14.0. The number of guanidine groups is 1. The Morgan fingerprint density at radius 2 is 1.93 bits per heavy atom. The van der Waals surface area contributed by atoms with E-state index in [9.17, 15) is 4.79 Å². The number of aliphatic imine (C=N–C) groups is 1. The highest BCUT2D eigenvalue weighted by molar-refractivity contribution is 5.80. The molecule has 2 aliphatic heterocycles. The van der Waals surface area contributed by atoms with Crippen molar-refractivity contribution in [3.05, 3.63) is 0 Å². The summed E-state index contributed by atoms with van der Waals surface area (Å²) in [5.74, 6) is 0.833. The predicted octanol–water partition coefficient (Wildman–Crippen LogP) is 1.19. The Labute approximate surface area is 170 Å². The zero-order valence-corrected chi connectivity index (χ0v) is 18.6. The van der Waals surface area contributed by atoms with Gasteiger partial charge in [-0.05, 0) is 54.6 Å². The van der Waals surface area contributed by atoms with Crippen molar-refractivity contribution >= 4 is 12.1 Å². The van der Waals surface area contributed by atoms with E-state index in [1.54, 1.807) is 4.90 Å². The van der Waals surface area contributed by atoms with Crippen LogP contribution in [-0.2, 0) is 4.74 Å². The van der Waals surface area contributed by atoms with E-state index < -0.39 is 5.60 Å². The Kier molecular flexibility index (Phi) is 8.37. The van der Waals surface area contributed by atoms with Gasteiger partial charge in [-0.3, -0.25) is 9.89 Å². The normalized spacial score (nSPS) is 25.5. The highest BCUT2D eigenvalue weighted by Gasteiger charge is 2.28. The topological polar surface area (TPSA) is 72.4 Å². The average Bonchev–Trinajstić information content (AvgIpc) is 2.61. The Balaban J connectivity index is 1.92. The fourth-order valence-electron chi connectivity index (χ4n) is 3.60. The zero-order valence-electron chi connectivity index (χ0n) is 18.6. The van der Waals surface area contributed by atoms with Gasteiger partial charge in [0.25, 0.3) is 0 Å². The van der Waals surface area contributed by atoms with Crippen LogP contribution in [-0.4, -0.2) is 104 Å². The van der Waals surface area contributed by atoms with Crippen LogP contribution in [0.25, 0.3) is 0 Å². The standard InChI is InChI=1S/C20H40N6O2/c1-7-21-18(22-13-17-15-24(5)11-12-25(17)6)23-16-9-8-10-26(14-16)19(27)28-20(2,3)4/h16-17H,7-15H2,1-6H3,(H2,21,22,23). The van der Waals surface area contributed by atoms with Gasteiger partial charge in [-0.15, -0.1) is 0 Å². The van der Waals surface area contributed by atoms with Crippen molar-refractivity contribution < 1.29 is 9.53 Å². The maximum absolute atomic E-state index is 12.4. The monoisotopic (exact) mass is 396 g/mol. The van der Waals surface area contributed by atoms with Crippen molar-refractivity contribution in [2.75, 3.05) is 59.9 Å². The molecule has 2 N–H and O–H groups in total. The summed E-state index contributed by atoms with van der Waals surface area (Å²) in [4.78, 5) is 23.8. The van der Waals surface area contributed by atoms with Gasteiger partial charge < -0.3 is 25.2 Å². The minimum atomic E-state index is -0.465. The van der Waals surface area contributed by atoms with Crippen LogP contribution in [0.4, 0.5) is 4.79 Å². The molecule has 0 aromatic carbocycles. The number of carbonyl (C=O) groups excluding carboxylic acids is 1. The minimum absolute atomic E-state index is 0.186. The molecule has 2 unspecified atom stereocenters. The third-order valence-corrected chi connectivity index (χ3v) is 5.20. The molecule has 2 saturated heterocycles. The van der Waals surface area contributed by atoms with Crippen LogP contribution in [0.3, 0.4) is 0 Å². The van der Waals surface area contributed by atoms with Gasteiger partial charge >= 0.3 is 6.09 Å². The summed E-state index contributed by atoms with van der Waals surface area (Å²) in [5.41, 5.74) is -0.465. The number of carbonyl (C=O) groups is 1. The molecule has 162 valence electrons. The summed E-state index contributed by atoms with van der Waals surface area (Å²) >= 11 is 0. The fraction of sp³-hybridized carbons (Fsp3) is 0.900. The maximum atomic E-state index is 12.4. The lowest BCUT2D eigenvalue weighted by Crippen LogP contribution is -2.54. The molecule has 0 bridgehead atoms. The summed E-state index contributed by atoms with van der Waals surface area (Å²) in [6, 6.07) is 0.615. The van der Waals surface area contributed by atoms with Gasteiger partial charge in [-0.1, -0.05) is 0 Å². The second-order valence-corrected chi connectivity index (χ2v) is 9.03. The molecule has 2 rings (SSSR count). The predicted molar refractivity (Wildman–Crippen MR) is 114 cm³/mol. The van der Waals surface area contributed by atoms with Crippen LogP contribution in [0.15, 0.2) is 4.99 Å². The number of ether oxygens (including phenoxy) is 1. The minimum Gasteiger partial charge on any atom is -0.444 e. The zero-order chi connectivity index (χ0) is 20.7. The van der Waals surface area contributed by atoms with Gasteiger partial charge in [0, 0.05) is 51.4 Å². The highest BCUT2D eigenvalue weighted by Crippen LogP contribution is 2.15. The molecule has 0 saturated carbocycles. The average molecular weight is 397 g/mol. The van der Waals surface area contributed by atoms with Crippen LogP contribution in [0.5, 0.6) is 0 Å². The van der Waals surface area contributed by atoms with Crippen molar-refractivity contribution in [3.8, 4) is 0 Å². The molecular formula is C20H40N6O2. The molecule has 0 aromatic heterocycles. The first-order valence-corrected chi connectivity index (χ1v) is 10.6. The van der Waals surface area contributed by atoms with E-state index in [4.69, 9.17) is 9.73 Å². The molecular weight excluding hydrogens is 356 g/mol. The second-order valence-electron chi connectivity index (χ2n) is 9.03. The number of piperidine rings is 1. The molecule has 8 nitrogen and oxygen atoms in total. The summed E-state index contributed by atoms with van der Waals surface area (Å²) in [5, 5.41) is 6.88. The second kappa shape index (κ2) is 10.3. The number of hydrogen-bond donors (Lipinski definition) is 2. The number of amides is 1. The van der Waals surface area contributed by atoms with Gasteiger partial charge in [0.2, 0.25) is 0 Å². The molecule has 2 atom stereocenters. The summed E-state index contributed by atoms with van der Waals surface area (Å²) < 4.78 is 5.53. The van der Waals surface area contributed by atoms with Gasteiger partial charge in [0.1, 0.15) is 5.60 Å². The van der Waals surface area contributed by atoms with Gasteiger partial charge in [0.05, 0.1) is 6.54 Å². The first-order chi connectivity index (χ1) is 13.2. The van der Waals surface area contributed by atoms with Crippen LogP contribution in [0.2, 0.25) is 0 Å². The SMILES string of the molecule is CCNC(=NCC1CN(C)CCN1C)NC1CCCN(C(=O)OC(C)(C)C)C1. The molecule has 0 aliphatic carbocycles. The molecule has 2 fully saturated rings. The molecule has 0 radical (unpaired) electrons. The van der Waals surface area contributed by atoms with Gasteiger partial charge in [-0.2, -0.15) is 0 Å². The van der Waals surface area contributed by atoms with Crippen molar-refractivity contribution in [3.63, 3.8) is 0 Å². The molecule has 8 heteroatoms. The molecule has 0 spiro atoms. The van der Waals surface area contributed by atoms with Crippen LogP contribution >= 0.6 is 0 Å². The van der Waals surface area contributed by atoms with E-state index in [0.717, 1.165) is 58.1 Å². The highest BCUT2D eigenvalue weighted by atomic mass is 16.6. The number of nitrogens with zero attached hydrogens (tertiary/aromatic N) is 4. The van der Waals surface area contributed by atoms with E-state index in [-0.39, 0.29) is 12.1 Å². The molecule has 2 aliphatic rings. The lowest BCUT2D eigenvalue weighted by Gasteiger charge is -2.37. The van der Waals surface area contributed by atoms with Crippen LogP contribution < -0.4 is 10.6 Å². The number of nitrogens with one attached hydrogen (secondary N) is 2. The van der Waals surface area contributed by atoms with E-state index in [1.807, 2.05) is 20.8 Å². The van der Waals surface area contributed by atoms with Crippen molar-refractivity contribution in [1.82, 2.24) is 25.3 Å². The first kappa shape index (κ1) is 22.7. The van der Waals surface area contributed by atoms with Crippen LogP contribution in [0.1, 0.15) is 40.5 Å². The van der Waals surface area contributed by atoms with E-state index in [0.29, 0.717) is 12.6 Å². The Bertz CT molecular complexity index is 533. The Morgan fingerprint density at radius 1 is 1.18 bits per heavy atom. The lowest BCUT2D eigenvalue weighted by molar-refractivity contribution is 0.0193. The first-order valence-electron chi connectivity index (χ1n) is 10.6. The Hall–Kier alpha value is -1.54. The lowest BCUT2D eigenvalue weighted by atomic mass is 10.1. The van der Waals surface area contributed by atoms with Crippen molar-refractivity contribution in [2.45, 2.75) is 58.2 Å². The Morgan fingerprint density at radius 3 is 2.61 bits per heavy atom.